The largest absolute Gasteiger partial charge is 0.507 e. The number of fused-ring (bicyclic) bond motifs is 1. The minimum Gasteiger partial charge on any atom is -0.507 e. The van der Waals surface area contributed by atoms with Crippen LogP contribution in [0, 0.1) is 5.82 Å². The molecule has 0 spiro atoms. The fourth-order valence-corrected chi connectivity index (χ4v) is 2.24. The molecule has 3 aromatic carbocycles. The summed E-state index contributed by atoms with van der Waals surface area (Å²) in [5.74, 6) is -0.371. The van der Waals surface area contributed by atoms with Gasteiger partial charge in [0.1, 0.15) is 11.6 Å². The van der Waals surface area contributed by atoms with E-state index < -0.39 is 11.8 Å². The van der Waals surface area contributed by atoms with E-state index in [9.17, 15) is 14.3 Å². The molecule has 0 aliphatic heterocycles. The molecular weight excluding hydrogens is 283 g/mol. The fourth-order valence-electron chi connectivity index (χ4n) is 2.24. The van der Waals surface area contributed by atoms with Crippen molar-refractivity contribution in [2.45, 2.75) is 0 Å². The van der Waals surface area contributed by atoms with Gasteiger partial charge in [0.15, 0.2) is 0 Å². The lowest BCUT2D eigenvalue weighted by Gasteiger charge is -2.11. The molecule has 0 unspecified atom stereocenters. The van der Waals surface area contributed by atoms with E-state index in [1.54, 1.807) is 48.5 Å². The zero-order valence-corrected chi connectivity index (χ0v) is 11.5. The molecule has 0 saturated heterocycles. The molecule has 0 aromatic heterocycles. The number of halogens is 1. The maximum absolute atomic E-state index is 13.5. The Morgan fingerprint density at radius 3 is 2.27 bits per heavy atom. The first-order valence-electron chi connectivity index (χ1n) is 6.68. The van der Waals surface area contributed by atoms with E-state index in [1.165, 1.54) is 12.1 Å². The Labute approximate surface area is 126 Å². The molecule has 0 bridgehead atoms. The first-order chi connectivity index (χ1) is 10.6. The number of anilines is 2. The molecule has 0 atom stereocenters. The van der Waals surface area contributed by atoms with Crippen LogP contribution >= 0.6 is 0 Å². The molecule has 110 valence electrons. The molecule has 4 nitrogen and oxygen atoms in total. The second-order valence-electron chi connectivity index (χ2n) is 4.74. The van der Waals surface area contributed by atoms with Gasteiger partial charge in [-0.2, -0.15) is 0 Å². The summed E-state index contributed by atoms with van der Waals surface area (Å²) < 4.78 is 13.5. The predicted octanol–water partition coefficient (Wildman–Crippen LogP) is 4.33. The average Bonchev–Trinajstić information content (AvgIpc) is 2.51. The van der Waals surface area contributed by atoms with Crippen LogP contribution in [0.3, 0.4) is 0 Å². The Balaban J connectivity index is 1.86. The summed E-state index contributed by atoms with van der Waals surface area (Å²) >= 11 is 0. The van der Waals surface area contributed by atoms with Crippen LogP contribution in [-0.4, -0.2) is 11.1 Å². The summed E-state index contributed by atoms with van der Waals surface area (Å²) in [6.07, 6.45) is 0. The van der Waals surface area contributed by atoms with Crippen molar-refractivity contribution < 1.29 is 14.3 Å². The lowest BCUT2D eigenvalue weighted by atomic mass is 10.1. The van der Waals surface area contributed by atoms with Gasteiger partial charge in [0, 0.05) is 10.8 Å². The standard InChI is InChI=1S/C17H13FN2O2/c18-13-7-1-2-8-15(13)20-17(22)19-14-9-3-6-12-11(14)5-4-10-16(12)21/h1-10,21H,(H2,19,20,22). The molecule has 0 aliphatic carbocycles. The van der Waals surface area contributed by atoms with Gasteiger partial charge in [-0.1, -0.05) is 36.4 Å². The van der Waals surface area contributed by atoms with Gasteiger partial charge in [-0.3, -0.25) is 0 Å². The lowest BCUT2D eigenvalue weighted by molar-refractivity contribution is 0.262. The number of urea groups is 1. The Kier molecular flexibility index (Phi) is 3.62. The topological polar surface area (TPSA) is 61.4 Å². The number of nitrogens with one attached hydrogen (secondary N) is 2. The van der Waals surface area contributed by atoms with E-state index >= 15 is 0 Å². The van der Waals surface area contributed by atoms with Crippen LogP contribution in [0.25, 0.3) is 10.8 Å². The van der Waals surface area contributed by atoms with Crippen LogP contribution in [-0.2, 0) is 0 Å². The third kappa shape index (κ3) is 2.69. The lowest BCUT2D eigenvalue weighted by Crippen LogP contribution is -2.20. The summed E-state index contributed by atoms with van der Waals surface area (Å²) in [5.41, 5.74) is 0.630. The summed E-state index contributed by atoms with van der Waals surface area (Å²) in [6.45, 7) is 0. The number of aromatic hydroxyl groups is 1. The molecule has 0 saturated carbocycles. The Morgan fingerprint density at radius 1 is 0.818 bits per heavy atom. The van der Waals surface area contributed by atoms with Gasteiger partial charge >= 0.3 is 6.03 Å². The van der Waals surface area contributed by atoms with Crippen molar-refractivity contribution in [2.75, 3.05) is 10.6 Å². The third-order valence-electron chi connectivity index (χ3n) is 3.27. The van der Waals surface area contributed by atoms with Crippen molar-refractivity contribution in [3.63, 3.8) is 0 Å². The van der Waals surface area contributed by atoms with Crippen molar-refractivity contribution in [2.24, 2.45) is 0 Å². The van der Waals surface area contributed by atoms with E-state index in [0.717, 1.165) is 0 Å². The van der Waals surface area contributed by atoms with Gasteiger partial charge in [-0.15, -0.1) is 0 Å². The van der Waals surface area contributed by atoms with Crippen molar-refractivity contribution >= 4 is 28.2 Å². The van der Waals surface area contributed by atoms with Crippen LogP contribution in [0.15, 0.2) is 60.7 Å². The quantitative estimate of drug-likeness (QED) is 0.659. The van der Waals surface area contributed by atoms with Gasteiger partial charge in [0.2, 0.25) is 0 Å². The third-order valence-corrected chi connectivity index (χ3v) is 3.27. The second kappa shape index (κ2) is 5.73. The molecular formula is C17H13FN2O2. The molecule has 0 fully saturated rings. The molecule has 0 radical (unpaired) electrons. The number of hydrogen-bond donors (Lipinski definition) is 3. The zero-order chi connectivity index (χ0) is 15.5. The molecule has 22 heavy (non-hydrogen) atoms. The number of phenols is 1. The summed E-state index contributed by atoms with van der Waals surface area (Å²) in [6, 6.07) is 15.6. The maximum Gasteiger partial charge on any atom is 0.323 e. The van der Waals surface area contributed by atoms with Gasteiger partial charge in [0.05, 0.1) is 11.4 Å². The molecule has 3 rings (SSSR count). The SMILES string of the molecule is O=C(Nc1ccccc1F)Nc1cccc2c(O)cccc12. The van der Waals surface area contributed by atoms with E-state index in [2.05, 4.69) is 10.6 Å². The van der Waals surface area contributed by atoms with Gasteiger partial charge < -0.3 is 15.7 Å². The Morgan fingerprint density at radius 2 is 1.45 bits per heavy atom. The summed E-state index contributed by atoms with van der Waals surface area (Å²) in [4.78, 5) is 12.0. The Hall–Kier alpha value is -3.08. The monoisotopic (exact) mass is 296 g/mol. The Bertz CT molecular complexity index is 849. The van der Waals surface area contributed by atoms with E-state index in [0.29, 0.717) is 16.5 Å². The number of hydrogen-bond acceptors (Lipinski definition) is 2. The molecule has 2 amide bonds. The van der Waals surface area contributed by atoms with E-state index in [1.807, 2.05) is 0 Å². The van der Waals surface area contributed by atoms with Crippen molar-refractivity contribution in [3.05, 3.63) is 66.5 Å². The van der Waals surface area contributed by atoms with Crippen molar-refractivity contribution in [1.29, 1.82) is 0 Å². The number of carbonyl (C=O) groups excluding carboxylic acids is 1. The van der Waals surface area contributed by atoms with Crippen LogP contribution in [0.5, 0.6) is 5.75 Å². The van der Waals surface area contributed by atoms with Gasteiger partial charge in [-0.25, -0.2) is 9.18 Å². The van der Waals surface area contributed by atoms with Crippen LogP contribution < -0.4 is 10.6 Å². The fraction of sp³-hybridized carbons (Fsp3) is 0. The molecule has 0 aliphatic rings. The van der Waals surface area contributed by atoms with Crippen LogP contribution in [0.4, 0.5) is 20.6 Å². The van der Waals surface area contributed by atoms with E-state index in [4.69, 9.17) is 0 Å². The normalized spacial score (nSPS) is 10.4. The predicted molar refractivity (Wildman–Crippen MR) is 84.7 cm³/mol. The summed E-state index contributed by atoms with van der Waals surface area (Å²) in [7, 11) is 0. The molecule has 5 heteroatoms. The summed E-state index contributed by atoms with van der Waals surface area (Å²) in [5, 5.41) is 16.3. The van der Waals surface area contributed by atoms with Gasteiger partial charge in [0.25, 0.3) is 0 Å². The number of rotatable bonds is 2. The van der Waals surface area contributed by atoms with Gasteiger partial charge in [-0.05, 0) is 24.3 Å². The highest BCUT2D eigenvalue weighted by molar-refractivity contribution is 6.07. The van der Waals surface area contributed by atoms with E-state index in [-0.39, 0.29) is 11.4 Å². The molecule has 3 N–H and O–H groups in total. The van der Waals surface area contributed by atoms with Crippen molar-refractivity contribution in [3.8, 4) is 5.75 Å². The minimum atomic E-state index is -0.555. The number of amides is 2. The molecule has 0 heterocycles. The highest BCUT2D eigenvalue weighted by atomic mass is 19.1. The first kappa shape index (κ1) is 13.9. The number of para-hydroxylation sites is 1. The number of carbonyl (C=O) groups is 1. The van der Waals surface area contributed by atoms with Crippen LogP contribution in [0.2, 0.25) is 0 Å². The highest BCUT2D eigenvalue weighted by Crippen LogP contribution is 2.29. The first-order valence-corrected chi connectivity index (χ1v) is 6.68. The van der Waals surface area contributed by atoms with Crippen molar-refractivity contribution in [1.82, 2.24) is 0 Å². The minimum absolute atomic E-state index is 0.100. The average molecular weight is 296 g/mol. The molecule has 3 aromatic rings. The van der Waals surface area contributed by atoms with Crippen LogP contribution in [0.1, 0.15) is 0 Å². The smallest absolute Gasteiger partial charge is 0.323 e. The maximum atomic E-state index is 13.5. The zero-order valence-electron chi connectivity index (χ0n) is 11.5. The highest BCUT2D eigenvalue weighted by Gasteiger charge is 2.09. The number of benzene rings is 3. The second-order valence-corrected chi connectivity index (χ2v) is 4.74. The number of phenolic OH excluding ortho intramolecular Hbond substituents is 1.